The van der Waals surface area contributed by atoms with Gasteiger partial charge in [-0.3, -0.25) is 5.43 Å². The molecule has 1 aliphatic rings. The summed E-state index contributed by atoms with van der Waals surface area (Å²) in [6.07, 6.45) is 6.82. The van der Waals surface area contributed by atoms with Gasteiger partial charge in [-0.2, -0.15) is 10.2 Å². The first kappa shape index (κ1) is 12.7. The van der Waals surface area contributed by atoms with Crippen molar-refractivity contribution in [3.05, 3.63) is 71.9 Å². The number of benzene rings is 2. The third kappa shape index (κ3) is 2.24. The van der Waals surface area contributed by atoms with Gasteiger partial charge in [0.15, 0.2) is 5.82 Å². The minimum absolute atomic E-state index is 0.678. The maximum absolute atomic E-state index is 4.56. The number of fused-ring (bicyclic) bond motifs is 2. The normalized spacial score (nSPS) is 15.0. The van der Waals surface area contributed by atoms with Gasteiger partial charge in [-0.15, -0.1) is 5.10 Å². The third-order valence-electron chi connectivity index (χ3n) is 3.75. The van der Waals surface area contributed by atoms with Crippen LogP contribution in [0.4, 0.5) is 5.82 Å². The Hall–Kier alpha value is -3.01. The van der Waals surface area contributed by atoms with Crippen LogP contribution in [0.25, 0.3) is 16.8 Å². The van der Waals surface area contributed by atoms with Crippen LogP contribution in [-0.2, 0) is 0 Å². The first-order chi connectivity index (χ1) is 10.9. The molecule has 106 valence electrons. The number of hydrogen-bond acceptors (Lipinski definition) is 4. The van der Waals surface area contributed by atoms with Gasteiger partial charge in [0.25, 0.3) is 0 Å². The minimum Gasteiger partial charge on any atom is -0.259 e. The zero-order chi connectivity index (χ0) is 14.8. The molecule has 1 aromatic heterocycles. The third-order valence-corrected chi connectivity index (χ3v) is 3.75. The predicted octanol–water partition coefficient (Wildman–Crippen LogP) is 3.86. The van der Waals surface area contributed by atoms with Gasteiger partial charge in [-0.1, -0.05) is 60.7 Å². The smallest absolute Gasteiger partial charge is 0.176 e. The molecule has 4 rings (SSSR count). The van der Waals surface area contributed by atoms with E-state index < -0.39 is 0 Å². The maximum atomic E-state index is 4.56. The van der Waals surface area contributed by atoms with Gasteiger partial charge in [0.1, 0.15) is 0 Å². The lowest BCUT2D eigenvalue weighted by Crippen LogP contribution is -2.09. The van der Waals surface area contributed by atoms with Crippen LogP contribution >= 0.6 is 0 Å². The van der Waals surface area contributed by atoms with Crippen molar-refractivity contribution in [1.82, 2.24) is 10.2 Å². The summed E-state index contributed by atoms with van der Waals surface area (Å²) in [5.41, 5.74) is 6.44. The van der Waals surface area contributed by atoms with Crippen molar-refractivity contribution in [2.75, 3.05) is 5.43 Å². The topological polar surface area (TPSA) is 50.2 Å². The minimum atomic E-state index is 0.678. The maximum Gasteiger partial charge on any atom is 0.176 e. The SMILES string of the molecule is C1=Cc2ccccc2C(=NNc2nncc3ccccc23)C1. The second-order valence-corrected chi connectivity index (χ2v) is 5.14. The van der Waals surface area contributed by atoms with Crippen LogP contribution in [0.15, 0.2) is 65.9 Å². The van der Waals surface area contributed by atoms with Crippen molar-refractivity contribution >= 4 is 28.4 Å². The largest absolute Gasteiger partial charge is 0.259 e. The molecule has 22 heavy (non-hydrogen) atoms. The molecule has 0 aliphatic heterocycles. The quantitative estimate of drug-likeness (QED) is 0.728. The van der Waals surface area contributed by atoms with Crippen molar-refractivity contribution in [3.8, 4) is 0 Å². The summed E-state index contributed by atoms with van der Waals surface area (Å²) in [4.78, 5) is 0. The summed E-state index contributed by atoms with van der Waals surface area (Å²) >= 11 is 0. The van der Waals surface area contributed by atoms with E-state index in [0.29, 0.717) is 5.82 Å². The van der Waals surface area contributed by atoms with Gasteiger partial charge < -0.3 is 0 Å². The van der Waals surface area contributed by atoms with Gasteiger partial charge >= 0.3 is 0 Å². The van der Waals surface area contributed by atoms with Crippen LogP contribution in [0.1, 0.15) is 17.5 Å². The number of hydrogen-bond donors (Lipinski definition) is 1. The van der Waals surface area contributed by atoms with E-state index in [0.717, 1.165) is 28.5 Å². The number of aromatic nitrogens is 2. The highest BCUT2D eigenvalue weighted by Gasteiger charge is 2.11. The molecule has 4 nitrogen and oxygen atoms in total. The first-order valence-corrected chi connectivity index (χ1v) is 7.21. The molecule has 0 amide bonds. The van der Waals surface area contributed by atoms with Crippen LogP contribution in [0, 0.1) is 0 Å². The van der Waals surface area contributed by atoms with Gasteiger partial charge in [0, 0.05) is 22.8 Å². The molecule has 0 saturated carbocycles. The fourth-order valence-electron chi connectivity index (χ4n) is 2.65. The summed E-state index contributed by atoms with van der Waals surface area (Å²) in [7, 11) is 0. The standard InChI is InChI=1S/C18H14N4/c1-3-9-15-13(6-1)8-5-11-17(15)20-22-18-16-10-4-2-7-14(16)12-19-21-18/h1-10,12H,11H2,(H,21,22). The highest BCUT2D eigenvalue weighted by Crippen LogP contribution is 2.22. The molecule has 4 heteroatoms. The Morgan fingerprint density at radius 1 is 1.00 bits per heavy atom. The molecule has 0 atom stereocenters. The molecule has 0 fully saturated rings. The zero-order valence-corrected chi connectivity index (χ0v) is 11.9. The number of nitrogens with zero attached hydrogens (tertiary/aromatic N) is 3. The Balaban J connectivity index is 1.71. The van der Waals surface area contributed by atoms with E-state index in [-0.39, 0.29) is 0 Å². The summed E-state index contributed by atoms with van der Waals surface area (Å²) in [6, 6.07) is 16.3. The number of allylic oxidation sites excluding steroid dienone is 1. The van der Waals surface area contributed by atoms with Gasteiger partial charge in [-0.25, -0.2) is 0 Å². The van der Waals surface area contributed by atoms with Crippen LogP contribution in [0.3, 0.4) is 0 Å². The molecule has 0 saturated heterocycles. The molecule has 1 aliphatic carbocycles. The van der Waals surface area contributed by atoms with E-state index in [9.17, 15) is 0 Å². The highest BCUT2D eigenvalue weighted by molar-refractivity contribution is 6.06. The molecule has 0 unspecified atom stereocenters. The number of anilines is 1. The van der Waals surface area contributed by atoms with Gasteiger partial charge in [-0.05, 0) is 5.56 Å². The predicted molar refractivity (Wildman–Crippen MR) is 89.8 cm³/mol. The van der Waals surface area contributed by atoms with Crippen LogP contribution in [0.2, 0.25) is 0 Å². The van der Waals surface area contributed by atoms with E-state index >= 15 is 0 Å². The van der Waals surface area contributed by atoms with Crippen molar-refractivity contribution in [2.24, 2.45) is 5.10 Å². The lowest BCUT2D eigenvalue weighted by Gasteiger charge is -2.13. The van der Waals surface area contributed by atoms with E-state index in [4.69, 9.17) is 0 Å². The van der Waals surface area contributed by atoms with Gasteiger partial charge in [0.05, 0.1) is 11.9 Å². The first-order valence-electron chi connectivity index (χ1n) is 7.21. The molecule has 0 bridgehead atoms. The molecule has 1 heterocycles. The Labute approximate surface area is 128 Å². The summed E-state index contributed by atoms with van der Waals surface area (Å²) in [5, 5.41) is 14.8. The molecule has 3 aromatic rings. The second kappa shape index (κ2) is 5.41. The van der Waals surface area contributed by atoms with E-state index in [1.807, 2.05) is 36.4 Å². The van der Waals surface area contributed by atoms with E-state index in [1.165, 1.54) is 5.56 Å². The summed E-state index contributed by atoms with van der Waals surface area (Å²) in [5.74, 6) is 0.678. The second-order valence-electron chi connectivity index (χ2n) is 5.14. The molecule has 1 N–H and O–H groups in total. The lowest BCUT2D eigenvalue weighted by atomic mass is 9.96. The average molecular weight is 286 g/mol. The Morgan fingerprint density at radius 2 is 1.86 bits per heavy atom. The van der Waals surface area contributed by atoms with Crippen LogP contribution < -0.4 is 5.43 Å². The van der Waals surface area contributed by atoms with Crippen LogP contribution in [0.5, 0.6) is 0 Å². The molecule has 0 radical (unpaired) electrons. The fraction of sp³-hybridized carbons (Fsp3) is 0.0556. The molecular weight excluding hydrogens is 272 g/mol. The molecular formula is C18H14N4. The van der Waals surface area contributed by atoms with Crippen molar-refractivity contribution < 1.29 is 0 Å². The van der Waals surface area contributed by atoms with Crippen molar-refractivity contribution in [1.29, 1.82) is 0 Å². The Bertz CT molecular complexity index is 891. The average Bonchev–Trinajstić information content (AvgIpc) is 2.60. The van der Waals surface area contributed by atoms with Crippen molar-refractivity contribution in [3.63, 3.8) is 0 Å². The van der Waals surface area contributed by atoms with E-state index in [2.05, 4.69) is 45.0 Å². The van der Waals surface area contributed by atoms with E-state index in [1.54, 1.807) is 6.20 Å². The molecule has 0 spiro atoms. The highest BCUT2D eigenvalue weighted by atomic mass is 15.3. The van der Waals surface area contributed by atoms with Gasteiger partial charge in [0.2, 0.25) is 0 Å². The molecule has 2 aromatic carbocycles. The van der Waals surface area contributed by atoms with Crippen molar-refractivity contribution in [2.45, 2.75) is 6.42 Å². The lowest BCUT2D eigenvalue weighted by molar-refractivity contribution is 1.04. The number of rotatable bonds is 2. The number of hydrazone groups is 1. The monoisotopic (exact) mass is 286 g/mol. The number of nitrogens with one attached hydrogen (secondary N) is 1. The summed E-state index contributed by atoms with van der Waals surface area (Å²) in [6.45, 7) is 0. The zero-order valence-electron chi connectivity index (χ0n) is 11.9. The van der Waals surface area contributed by atoms with Crippen LogP contribution in [-0.4, -0.2) is 15.9 Å². The summed E-state index contributed by atoms with van der Waals surface area (Å²) < 4.78 is 0. The Morgan fingerprint density at radius 3 is 2.86 bits per heavy atom. The fourth-order valence-corrected chi connectivity index (χ4v) is 2.65. The Kier molecular flexibility index (Phi) is 3.12.